The largest absolute Gasteiger partial charge is 0.481 e. The van der Waals surface area contributed by atoms with Gasteiger partial charge in [-0.3, -0.25) is 4.79 Å². The number of carboxylic acid groups (broad SMARTS) is 1. The first kappa shape index (κ1) is 10.6. The molecule has 2 aliphatic heterocycles. The molecule has 17 heavy (non-hydrogen) atoms. The van der Waals surface area contributed by atoms with Crippen LogP contribution in [-0.2, 0) is 11.2 Å². The first-order chi connectivity index (χ1) is 8.16. The van der Waals surface area contributed by atoms with Crippen LogP contribution in [0.25, 0.3) is 0 Å². The van der Waals surface area contributed by atoms with Crippen molar-refractivity contribution in [1.82, 2.24) is 0 Å². The molecule has 0 amide bonds. The number of benzene rings is 1. The van der Waals surface area contributed by atoms with E-state index in [2.05, 4.69) is 4.90 Å². The molecule has 1 saturated heterocycles. The Labute approximate surface area is 98.9 Å². The van der Waals surface area contributed by atoms with Crippen LogP contribution in [-0.4, -0.2) is 23.7 Å². The molecule has 2 heterocycles. The standard InChI is InChI=1S/C13H14FNO2/c14-11-2-1-3-12-10(11)6-9-5-4-8(13(16)17)7-15(9)12/h1-3,8-9H,4-7H2,(H,16,17). The first-order valence-electron chi connectivity index (χ1n) is 5.93. The third kappa shape index (κ3) is 1.59. The lowest BCUT2D eigenvalue weighted by molar-refractivity contribution is -0.142. The molecule has 3 rings (SSSR count). The van der Waals surface area contributed by atoms with Gasteiger partial charge in [-0.1, -0.05) is 6.07 Å². The molecule has 0 radical (unpaired) electrons. The number of carbonyl (C=O) groups is 1. The number of hydrogen-bond donors (Lipinski definition) is 1. The number of hydrogen-bond acceptors (Lipinski definition) is 2. The summed E-state index contributed by atoms with van der Waals surface area (Å²) in [6, 6.07) is 5.35. The van der Waals surface area contributed by atoms with Crippen molar-refractivity contribution in [3.8, 4) is 0 Å². The average molecular weight is 235 g/mol. The Kier molecular flexibility index (Phi) is 2.31. The third-order valence-electron chi connectivity index (χ3n) is 3.90. The van der Waals surface area contributed by atoms with E-state index < -0.39 is 5.97 Å². The van der Waals surface area contributed by atoms with Gasteiger partial charge in [0.1, 0.15) is 5.82 Å². The van der Waals surface area contributed by atoms with E-state index in [0.29, 0.717) is 19.4 Å². The van der Waals surface area contributed by atoms with Gasteiger partial charge in [-0.05, 0) is 31.4 Å². The van der Waals surface area contributed by atoms with Crippen molar-refractivity contribution < 1.29 is 14.3 Å². The molecular weight excluding hydrogens is 221 g/mol. The van der Waals surface area contributed by atoms with Crippen molar-refractivity contribution in [2.45, 2.75) is 25.3 Å². The SMILES string of the molecule is O=C(O)C1CCC2Cc3c(F)cccc3N2C1. The summed E-state index contributed by atoms with van der Waals surface area (Å²) in [4.78, 5) is 13.1. The van der Waals surface area contributed by atoms with Gasteiger partial charge in [0.05, 0.1) is 5.92 Å². The second kappa shape index (κ2) is 3.72. The highest BCUT2D eigenvalue weighted by Gasteiger charge is 2.38. The Balaban J connectivity index is 1.93. The molecule has 0 aromatic heterocycles. The topological polar surface area (TPSA) is 40.5 Å². The van der Waals surface area contributed by atoms with Crippen molar-refractivity contribution in [3.05, 3.63) is 29.6 Å². The number of rotatable bonds is 1. The fourth-order valence-electron chi connectivity index (χ4n) is 2.99. The highest BCUT2D eigenvalue weighted by atomic mass is 19.1. The second-order valence-corrected chi connectivity index (χ2v) is 4.86. The minimum absolute atomic E-state index is 0.163. The number of aliphatic carboxylic acids is 1. The molecular formula is C13H14FNO2. The number of halogens is 1. The van der Waals surface area contributed by atoms with Gasteiger partial charge in [-0.2, -0.15) is 0 Å². The molecule has 1 aromatic rings. The number of anilines is 1. The van der Waals surface area contributed by atoms with Crippen LogP contribution in [0.1, 0.15) is 18.4 Å². The third-order valence-corrected chi connectivity index (χ3v) is 3.90. The highest BCUT2D eigenvalue weighted by molar-refractivity contribution is 5.72. The number of nitrogens with zero attached hydrogens (tertiary/aromatic N) is 1. The number of piperidine rings is 1. The van der Waals surface area contributed by atoms with Gasteiger partial charge in [0, 0.05) is 23.8 Å². The van der Waals surface area contributed by atoms with E-state index in [1.54, 1.807) is 6.07 Å². The number of carboxylic acids is 1. The number of fused-ring (bicyclic) bond motifs is 3. The van der Waals surface area contributed by atoms with Crippen LogP contribution in [0.2, 0.25) is 0 Å². The first-order valence-corrected chi connectivity index (χ1v) is 5.93. The van der Waals surface area contributed by atoms with E-state index in [4.69, 9.17) is 5.11 Å². The predicted octanol–water partition coefficient (Wildman–Crippen LogP) is 2.05. The summed E-state index contributed by atoms with van der Waals surface area (Å²) in [5.41, 5.74) is 1.64. The monoisotopic (exact) mass is 235 g/mol. The Morgan fingerprint density at radius 3 is 3.00 bits per heavy atom. The van der Waals surface area contributed by atoms with Crippen molar-refractivity contribution in [2.24, 2.45) is 5.92 Å². The summed E-state index contributed by atoms with van der Waals surface area (Å²) in [6.45, 7) is 0.510. The fourth-order valence-corrected chi connectivity index (χ4v) is 2.99. The van der Waals surface area contributed by atoms with Gasteiger partial charge in [-0.15, -0.1) is 0 Å². The molecule has 2 aliphatic rings. The zero-order chi connectivity index (χ0) is 12.0. The maximum atomic E-state index is 13.6. The van der Waals surface area contributed by atoms with Gasteiger partial charge in [0.2, 0.25) is 0 Å². The van der Waals surface area contributed by atoms with Gasteiger partial charge >= 0.3 is 5.97 Å². The summed E-state index contributed by atoms with van der Waals surface area (Å²) in [6.07, 6.45) is 2.26. The molecule has 2 atom stereocenters. The lowest BCUT2D eigenvalue weighted by atomic mass is 9.93. The molecule has 4 heteroatoms. The molecule has 1 fully saturated rings. The van der Waals surface area contributed by atoms with Gasteiger partial charge in [0.15, 0.2) is 0 Å². The lowest BCUT2D eigenvalue weighted by Crippen LogP contribution is -2.43. The van der Waals surface area contributed by atoms with Crippen LogP contribution in [0.15, 0.2) is 18.2 Å². The van der Waals surface area contributed by atoms with E-state index in [1.165, 1.54) is 6.07 Å². The summed E-state index contributed by atoms with van der Waals surface area (Å²) in [7, 11) is 0. The van der Waals surface area contributed by atoms with Crippen molar-refractivity contribution in [3.63, 3.8) is 0 Å². The van der Waals surface area contributed by atoms with Crippen molar-refractivity contribution in [2.75, 3.05) is 11.4 Å². The normalized spacial score (nSPS) is 26.5. The van der Waals surface area contributed by atoms with Crippen LogP contribution in [0.5, 0.6) is 0 Å². The van der Waals surface area contributed by atoms with Crippen LogP contribution < -0.4 is 4.90 Å². The summed E-state index contributed by atoms with van der Waals surface area (Å²) in [5, 5.41) is 9.06. The van der Waals surface area contributed by atoms with Crippen LogP contribution in [0, 0.1) is 11.7 Å². The average Bonchev–Trinajstić information content (AvgIpc) is 2.68. The van der Waals surface area contributed by atoms with Crippen LogP contribution in [0.4, 0.5) is 10.1 Å². The van der Waals surface area contributed by atoms with Crippen molar-refractivity contribution >= 4 is 11.7 Å². The zero-order valence-electron chi connectivity index (χ0n) is 9.40. The highest BCUT2D eigenvalue weighted by Crippen LogP contribution is 2.39. The van der Waals surface area contributed by atoms with E-state index in [-0.39, 0.29) is 17.8 Å². The Morgan fingerprint density at radius 2 is 2.24 bits per heavy atom. The van der Waals surface area contributed by atoms with Crippen molar-refractivity contribution in [1.29, 1.82) is 0 Å². The molecule has 3 nitrogen and oxygen atoms in total. The molecule has 0 saturated carbocycles. The summed E-state index contributed by atoms with van der Waals surface area (Å²) >= 11 is 0. The molecule has 0 aliphatic carbocycles. The Bertz CT molecular complexity index is 474. The lowest BCUT2D eigenvalue weighted by Gasteiger charge is -2.35. The maximum Gasteiger partial charge on any atom is 0.308 e. The fraction of sp³-hybridized carbons (Fsp3) is 0.462. The van der Waals surface area contributed by atoms with Gasteiger partial charge < -0.3 is 10.0 Å². The van der Waals surface area contributed by atoms with E-state index in [0.717, 1.165) is 17.7 Å². The van der Waals surface area contributed by atoms with E-state index >= 15 is 0 Å². The smallest absolute Gasteiger partial charge is 0.308 e. The second-order valence-electron chi connectivity index (χ2n) is 4.86. The van der Waals surface area contributed by atoms with Crippen LogP contribution >= 0.6 is 0 Å². The zero-order valence-corrected chi connectivity index (χ0v) is 9.40. The Morgan fingerprint density at radius 1 is 1.41 bits per heavy atom. The molecule has 2 unspecified atom stereocenters. The van der Waals surface area contributed by atoms with E-state index in [1.807, 2.05) is 6.07 Å². The minimum atomic E-state index is -0.742. The van der Waals surface area contributed by atoms with Crippen LogP contribution in [0.3, 0.4) is 0 Å². The minimum Gasteiger partial charge on any atom is -0.481 e. The molecule has 1 aromatic carbocycles. The van der Waals surface area contributed by atoms with Gasteiger partial charge in [-0.25, -0.2) is 4.39 Å². The maximum absolute atomic E-state index is 13.6. The van der Waals surface area contributed by atoms with Gasteiger partial charge in [0.25, 0.3) is 0 Å². The summed E-state index contributed by atoms with van der Waals surface area (Å²) < 4.78 is 13.6. The van der Waals surface area contributed by atoms with E-state index in [9.17, 15) is 9.18 Å². The Hall–Kier alpha value is -1.58. The molecule has 0 bridgehead atoms. The quantitative estimate of drug-likeness (QED) is 0.810. The molecule has 0 spiro atoms. The molecule has 1 N–H and O–H groups in total. The summed E-state index contributed by atoms with van der Waals surface area (Å²) in [5.74, 6) is -1.22. The molecule has 90 valence electrons. The predicted molar refractivity (Wildman–Crippen MR) is 61.6 cm³/mol.